The molecule has 0 aromatic carbocycles. The summed E-state index contributed by atoms with van der Waals surface area (Å²) in [5.74, 6) is 0. The number of unbranched alkanes of at least 4 members (excludes halogenated alkanes) is 6. The van der Waals surface area contributed by atoms with E-state index in [1.54, 1.807) is 0 Å². The van der Waals surface area contributed by atoms with E-state index in [2.05, 4.69) is 11.6 Å². The van der Waals surface area contributed by atoms with Crippen LogP contribution in [0.1, 0.15) is 85.0 Å². The van der Waals surface area contributed by atoms with Crippen LogP contribution in [0.25, 0.3) is 0 Å². The highest BCUT2D eigenvalue weighted by atomic mass is 32.2. The van der Waals surface area contributed by atoms with Gasteiger partial charge in [0.2, 0.25) is 0 Å². The molecule has 0 radical (unpaired) electrons. The smallest absolute Gasteiger partial charge is 0.258 e. The summed E-state index contributed by atoms with van der Waals surface area (Å²) in [6, 6.07) is 0.00694. The van der Waals surface area contributed by atoms with Crippen molar-refractivity contribution >= 4 is 10.3 Å². The Morgan fingerprint density at radius 1 is 0.900 bits per heavy atom. The highest BCUT2D eigenvalue weighted by Crippen LogP contribution is 2.11. The molecule has 0 heterocycles. The van der Waals surface area contributed by atoms with Crippen LogP contribution in [0.4, 0.5) is 0 Å². The predicted octanol–water partition coefficient (Wildman–Crippen LogP) is 4.17. The Morgan fingerprint density at radius 2 is 1.50 bits per heavy atom. The average Bonchev–Trinajstić information content (AvgIpc) is 2.42. The molecule has 0 rings (SSSR count). The van der Waals surface area contributed by atoms with Gasteiger partial charge in [-0.3, -0.25) is 4.18 Å². The third-order valence-electron chi connectivity index (χ3n) is 3.40. The minimum absolute atomic E-state index is 0.00694. The molecular formula is C15H33NO3S. The number of hydrogen-bond acceptors (Lipinski definition) is 3. The molecule has 0 fully saturated rings. The summed E-state index contributed by atoms with van der Waals surface area (Å²) < 4.78 is 30.7. The Bertz CT molecular complexity index is 304. The fraction of sp³-hybridized carbons (Fsp3) is 1.00. The Hall–Kier alpha value is -0.130. The summed E-state index contributed by atoms with van der Waals surface area (Å²) in [7, 11) is -3.56. The third kappa shape index (κ3) is 11.7. The van der Waals surface area contributed by atoms with Gasteiger partial charge in [-0.2, -0.15) is 13.1 Å². The van der Waals surface area contributed by atoms with E-state index in [9.17, 15) is 8.42 Å². The van der Waals surface area contributed by atoms with Crippen molar-refractivity contribution in [3.05, 3.63) is 0 Å². The third-order valence-corrected chi connectivity index (χ3v) is 4.50. The van der Waals surface area contributed by atoms with Crippen molar-refractivity contribution in [1.82, 2.24) is 4.72 Å². The molecule has 0 spiro atoms. The van der Waals surface area contributed by atoms with Crippen LogP contribution in [-0.2, 0) is 14.5 Å². The second kappa shape index (κ2) is 12.6. The lowest BCUT2D eigenvalue weighted by molar-refractivity contribution is 0.304. The molecule has 1 unspecified atom stereocenters. The van der Waals surface area contributed by atoms with Gasteiger partial charge in [-0.25, -0.2) is 0 Å². The highest BCUT2D eigenvalue weighted by molar-refractivity contribution is 7.84. The van der Waals surface area contributed by atoms with Crippen molar-refractivity contribution in [3.8, 4) is 0 Å². The van der Waals surface area contributed by atoms with E-state index < -0.39 is 10.3 Å². The molecule has 1 atom stereocenters. The molecule has 0 aliphatic heterocycles. The van der Waals surface area contributed by atoms with E-state index in [-0.39, 0.29) is 12.6 Å². The van der Waals surface area contributed by atoms with E-state index in [0.29, 0.717) is 6.42 Å². The van der Waals surface area contributed by atoms with Crippen LogP contribution in [0.15, 0.2) is 0 Å². The summed E-state index contributed by atoms with van der Waals surface area (Å²) in [5.41, 5.74) is 0. The molecule has 1 N–H and O–H groups in total. The molecule has 0 amide bonds. The quantitative estimate of drug-likeness (QED) is 0.490. The zero-order valence-electron chi connectivity index (χ0n) is 13.5. The number of hydrogen-bond donors (Lipinski definition) is 1. The van der Waals surface area contributed by atoms with Gasteiger partial charge in [-0.1, -0.05) is 65.7 Å². The molecule has 4 nitrogen and oxygen atoms in total. The fourth-order valence-electron chi connectivity index (χ4n) is 2.13. The first-order valence-electron chi connectivity index (χ1n) is 8.22. The summed E-state index contributed by atoms with van der Waals surface area (Å²) in [5, 5.41) is 0. The Balaban J connectivity index is 3.76. The van der Waals surface area contributed by atoms with Gasteiger partial charge >= 0.3 is 10.3 Å². The molecule has 122 valence electrons. The van der Waals surface area contributed by atoms with Gasteiger partial charge in [0.1, 0.15) is 0 Å². The molecule has 0 bridgehead atoms. The maximum Gasteiger partial charge on any atom is 0.336 e. The normalized spacial score (nSPS) is 13.6. The lowest BCUT2D eigenvalue weighted by Crippen LogP contribution is -2.35. The topological polar surface area (TPSA) is 55.4 Å². The molecule has 0 aliphatic rings. The second-order valence-electron chi connectivity index (χ2n) is 5.41. The van der Waals surface area contributed by atoms with Crippen LogP contribution in [0, 0.1) is 0 Å². The fourth-order valence-corrected chi connectivity index (χ4v) is 3.27. The van der Waals surface area contributed by atoms with Crippen molar-refractivity contribution in [2.75, 3.05) is 6.61 Å². The number of rotatable bonds is 14. The van der Waals surface area contributed by atoms with Gasteiger partial charge in [0.05, 0.1) is 6.61 Å². The van der Waals surface area contributed by atoms with Crippen LogP contribution in [-0.4, -0.2) is 21.1 Å². The van der Waals surface area contributed by atoms with E-state index >= 15 is 0 Å². The van der Waals surface area contributed by atoms with Crippen LogP contribution in [0.5, 0.6) is 0 Å². The minimum Gasteiger partial charge on any atom is -0.258 e. The lowest BCUT2D eigenvalue weighted by atomic mass is 10.0. The van der Waals surface area contributed by atoms with Crippen molar-refractivity contribution in [1.29, 1.82) is 0 Å². The first-order chi connectivity index (χ1) is 9.55. The van der Waals surface area contributed by atoms with E-state index in [1.807, 2.05) is 13.8 Å². The van der Waals surface area contributed by atoms with Gasteiger partial charge in [-0.15, -0.1) is 0 Å². The standard InChI is InChI=1S/C15H33NO3S/c1-4-7-8-9-10-11-12-13-15(6-3)16-20(17,18)19-14-5-2/h15-16H,4-14H2,1-3H3. The second-order valence-corrected chi connectivity index (χ2v) is 6.79. The van der Waals surface area contributed by atoms with E-state index in [4.69, 9.17) is 4.18 Å². The molecular weight excluding hydrogens is 274 g/mol. The van der Waals surface area contributed by atoms with E-state index in [1.165, 1.54) is 38.5 Å². The van der Waals surface area contributed by atoms with Gasteiger partial charge in [0.15, 0.2) is 0 Å². The zero-order valence-corrected chi connectivity index (χ0v) is 14.3. The van der Waals surface area contributed by atoms with Crippen LogP contribution in [0.2, 0.25) is 0 Å². The first kappa shape index (κ1) is 19.9. The molecule has 5 heteroatoms. The lowest BCUT2D eigenvalue weighted by Gasteiger charge is -2.16. The van der Waals surface area contributed by atoms with Gasteiger partial charge < -0.3 is 0 Å². The highest BCUT2D eigenvalue weighted by Gasteiger charge is 2.16. The summed E-state index contributed by atoms with van der Waals surface area (Å²) >= 11 is 0. The maximum absolute atomic E-state index is 11.6. The van der Waals surface area contributed by atoms with Crippen molar-refractivity contribution in [2.24, 2.45) is 0 Å². The van der Waals surface area contributed by atoms with Gasteiger partial charge in [0.25, 0.3) is 0 Å². The average molecular weight is 308 g/mol. The van der Waals surface area contributed by atoms with Gasteiger partial charge in [-0.05, 0) is 19.3 Å². The Labute approximate surface area is 125 Å². The molecule has 0 aromatic heterocycles. The largest absolute Gasteiger partial charge is 0.336 e. The van der Waals surface area contributed by atoms with Crippen LogP contribution < -0.4 is 4.72 Å². The summed E-state index contributed by atoms with van der Waals surface area (Å²) in [4.78, 5) is 0. The summed E-state index contributed by atoms with van der Waals surface area (Å²) in [6.07, 6.45) is 11.2. The number of nitrogens with one attached hydrogen (secondary N) is 1. The Kier molecular flexibility index (Phi) is 12.5. The molecule has 0 saturated carbocycles. The molecule has 0 saturated heterocycles. The molecule has 0 aromatic rings. The van der Waals surface area contributed by atoms with Gasteiger partial charge in [0, 0.05) is 6.04 Å². The molecule has 0 aliphatic carbocycles. The monoisotopic (exact) mass is 307 g/mol. The molecule has 20 heavy (non-hydrogen) atoms. The SMILES string of the molecule is CCCCCCCCCC(CC)NS(=O)(=O)OCCC. The Morgan fingerprint density at radius 3 is 2.05 bits per heavy atom. The summed E-state index contributed by atoms with van der Waals surface area (Å²) in [6.45, 7) is 6.38. The maximum atomic E-state index is 11.6. The first-order valence-corrected chi connectivity index (χ1v) is 9.63. The zero-order chi connectivity index (χ0) is 15.3. The van der Waals surface area contributed by atoms with Crippen molar-refractivity contribution < 1.29 is 12.6 Å². The van der Waals surface area contributed by atoms with Crippen LogP contribution in [0.3, 0.4) is 0 Å². The minimum atomic E-state index is -3.56. The van der Waals surface area contributed by atoms with Crippen LogP contribution >= 0.6 is 0 Å². The predicted molar refractivity (Wildman–Crippen MR) is 85.0 cm³/mol. The van der Waals surface area contributed by atoms with Crippen molar-refractivity contribution in [3.63, 3.8) is 0 Å². The van der Waals surface area contributed by atoms with Crippen molar-refractivity contribution in [2.45, 2.75) is 91.0 Å². The van der Waals surface area contributed by atoms with E-state index in [0.717, 1.165) is 19.3 Å².